The van der Waals surface area contributed by atoms with Gasteiger partial charge in [-0.15, -0.1) is 0 Å². The summed E-state index contributed by atoms with van der Waals surface area (Å²) in [5.41, 5.74) is 22.0. The fourth-order valence-corrected chi connectivity index (χ4v) is 17.4. The Morgan fingerprint density at radius 2 is 0.802 bits per heavy atom. The second kappa shape index (κ2) is 22.3. The van der Waals surface area contributed by atoms with Crippen LogP contribution in [0.25, 0.3) is 44.5 Å². The Labute approximate surface area is 515 Å². The van der Waals surface area contributed by atoms with Crippen LogP contribution in [-0.4, -0.2) is 38.3 Å². The SMILES string of the molecule is C[Si](C)(C)c1ccc(-c2ccc(N(C3=C4C=CC5=C6C(=CC=C(C=C3)C46)C(N(c3ccc(C#N)cc3)c3ccc(-c4ccc([Si](C)(C)C)cc4)cc3-c3ccc([Si](C)(C)C)cc3)C=C5)c3ccc(C#N)cc3)c(-c3ccc([Si](C)(C)C)cc3)c2)cc1. The highest BCUT2D eigenvalue weighted by Crippen LogP contribution is 2.53. The van der Waals surface area contributed by atoms with Gasteiger partial charge in [0.1, 0.15) is 0 Å². The van der Waals surface area contributed by atoms with Gasteiger partial charge in [0.2, 0.25) is 0 Å². The highest BCUT2D eigenvalue weighted by molar-refractivity contribution is 6.90. The molecule has 8 aromatic carbocycles. The van der Waals surface area contributed by atoms with E-state index in [1.807, 2.05) is 24.3 Å². The molecule has 4 aliphatic carbocycles. The van der Waals surface area contributed by atoms with Gasteiger partial charge >= 0.3 is 0 Å². The standard InChI is InChI=1S/C78H76N4Si4/c1-83(2,3)65-35-17-55(18-36-65)61-29-47-75(71(49-61)57-21-39-67(40-22-57)85(7,8)9)81(63-31-13-53(51-79)14-32-63)73-45-27-59-26-44-70-74(46-28-60-25-43-69(73)77(59)78(60)70)82(64-33-15-54(52-80)16-34-64)76-48-30-62(56-19-37-66(38-20-56)84(4,5)6)50-72(76)58-23-41-68(42-24-58)86(10,11)12/h13-50,73,78H,1-12H3. The minimum absolute atomic E-state index is 0.0649. The van der Waals surface area contributed by atoms with Crippen LogP contribution in [0.4, 0.5) is 22.7 Å². The van der Waals surface area contributed by atoms with E-state index in [0.29, 0.717) is 11.1 Å². The molecule has 4 aliphatic rings. The Bertz CT molecular complexity index is 4280. The number of anilines is 4. The van der Waals surface area contributed by atoms with Crippen molar-refractivity contribution in [2.45, 2.75) is 84.6 Å². The third kappa shape index (κ3) is 11.2. The Morgan fingerprint density at radius 1 is 0.384 bits per heavy atom. The fraction of sp³-hybridized carbons (Fsp3) is 0.179. The summed E-state index contributed by atoms with van der Waals surface area (Å²) in [6, 6.07) is 72.1. The number of allylic oxidation sites excluding steroid dienone is 10. The van der Waals surface area contributed by atoms with Gasteiger partial charge in [0.05, 0.1) is 73.0 Å². The maximum atomic E-state index is 10.1. The second-order valence-electron chi connectivity index (χ2n) is 27.7. The Kier molecular flexibility index (Phi) is 15.0. The van der Waals surface area contributed by atoms with Crippen molar-refractivity contribution in [3.8, 4) is 56.6 Å². The molecule has 86 heavy (non-hydrogen) atoms. The molecule has 0 aromatic heterocycles. The molecule has 0 saturated heterocycles. The van der Waals surface area contributed by atoms with Crippen molar-refractivity contribution in [1.29, 1.82) is 10.5 Å². The molecule has 2 atom stereocenters. The number of benzene rings is 8. The molecule has 2 unspecified atom stereocenters. The molecule has 0 heterocycles. The van der Waals surface area contributed by atoms with Crippen LogP contribution in [0.1, 0.15) is 11.1 Å². The van der Waals surface area contributed by atoms with E-state index in [2.05, 4.69) is 307 Å². The molecule has 8 aromatic rings. The lowest BCUT2D eigenvalue weighted by Gasteiger charge is -2.44. The van der Waals surface area contributed by atoms with Crippen LogP contribution in [0, 0.1) is 28.6 Å². The quantitative estimate of drug-likeness (QED) is 0.102. The van der Waals surface area contributed by atoms with E-state index >= 15 is 0 Å². The molecule has 0 fully saturated rings. The Morgan fingerprint density at radius 3 is 1.26 bits per heavy atom. The zero-order chi connectivity index (χ0) is 60.5. The van der Waals surface area contributed by atoms with Crippen molar-refractivity contribution < 1.29 is 0 Å². The minimum Gasteiger partial charge on any atom is -0.330 e. The highest BCUT2D eigenvalue weighted by atomic mass is 28.3. The first-order chi connectivity index (χ1) is 41.0. The average Bonchev–Trinajstić information content (AvgIpc) is 0.764. The zero-order valence-corrected chi connectivity index (χ0v) is 55.9. The average molecular weight is 1180 g/mol. The fourth-order valence-electron chi connectivity index (χ4n) is 12.7. The molecule has 0 bridgehead atoms. The summed E-state index contributed by atoms with van der Waals surface area (Å²) in [6.45, 7) is 28.9. The number of nitriles is 2. The van der Waals surface area contributed by atoms with Gasteiger partial charge in [-0.05, 0) is 140 Å². The zero-order valence-electron chi connectivity index (χ0n) is 51.9. The number of rotatable bonds is 14. The van der Waals surface area contributed by atoms with Gasteiger partial charge in [-0.3, -0.25) is 0 Å². The van der Waals surface area contributed by atoms with Crippen LogP contribution in [-0.2, 0) is 0 Å². The lowest BCUT2D eigenvalue weighted by atomic mass is 9.67. The molecule has 0 spiro atoms. The molecule has 8 heteroatoms. The normalized spacial score (nSPS) is 16.3. The van der Waals surface area contributed by atoms with Crippen molar-refractivity contribution >= 4 is 75.8 Å². The Hall–Kier alpha value is -8.61. The molecular formula is C78H76N4Si4. The topological polar surface area (TPSA) is 54.1 Å². The van der Waals surface area contributed by atoms with Crippen molar-refractivity contribution in [3.63, 3.8) is 0 Å². The minimum atomic E-state index is -1.60. The van der Waals surface area contributed by atoms with Crippen molar-refractivity contribution in [2.24, 2.45) is 5.92 Å². The summed E-state index contributed by atoms with van der Waals surface area (Å²) in [6.07, 6.45) is 18.8. The van der Waals surface area contributed by atoms with E-state index in [-0.39, 0.29) is 12.0 Å². The van der Waals surface area contributed by atoms with E-state index in [0.717, 1.165) is 50.7 Å². The van der Waals surface area contributed by atoms with E-state index < -0.39 is 32.3 Å². The van der Waals surface area contributed by atoms with E-state index in [1.165, 1.54) is 70.9 Å². The smallest absolute Gasteiger partial charge is 0.0991 e. The first-order valence-electron chi connectivity index (χ1n) is 30.3. The van der Waals surface area contributed by atoms with Crippen molar-refractivity contribution in [1.82, 2.24) is 0 Å². The van der Waals surface area contributed by atoms with Crippen LogP contribution in [0.15, 0.2) is 264 Å². The molecule has 0 amide bonds. The van der Waals surface area contributed by atoms with Crippen LogP contribution in [0.3, 0.4) is 0 Å². The first-order valence-corrected chi connectivity index (χ1v) is 44.3. The molecule has 4 nitrogen and oxygen atoms in total. The summed E-state index contributed by atoms with van der Waals surface area (Å²) in [4.78, 5) is 4.95. The summed E-state index contributed by atoms with van der Waals surface area (Å²) >= 11 is 0. The third-order valence-electron chi connectivity index (χ3n) is 17.8. The van der Waals surface area contributed by atoms with Gasteiger partial charge in [-0.1, -0.05) is 251 Å². The Balaban J connectivity index is 1.02. The second-order valence-corrected chi connectivity index (χ2v) is 48.0. The van der Waals surface area contributed by atoms with Gasteiger partial charge in [0, 0.05) is 34.1 Å². The van der Waals surface area contributed by atoms with Gasteiger partial charge < -0.3 is 9.80 Å². The van der Waals surface area contributed by atoms with Crippen LogP contribution in [0.5, 0.6) is 0 Å². The predicted octanol–water partition coefficient (Wildman–Crippen LogP) is 18.4. The molecule has 0 aliphatic heterocycles. The number of nitrogens with zero attached hydrogens (tertiary/aromatic N) is 4. The van der Waals surface area contributed by atoms with Crippen molar-refractivity contribution in [2.75, 3.05) is 9.80 Å². The molecule has 0 radical (unpaired) electrons. The monoisotopic (exact) mass is 1180 g/mol. The first kappa shape index (κ1) is 57.8. The maximum absolute atomic E-state index is 10.1. The summed E-state index contributed by atoms with van der Waals surface area (Å²) < 4.78 is 0. The molecule has 0 N–H and O–H groups in total. The van der Waals surface area contributed by atoms with Crippen LogP contribution < -0.4 is 30.5 Å². The van der Waals surface area contributed by atoms with Gasteiger partial charge in [-0.2, -0.15) is 10.5 Å². The third-order valence-corrected chi connectivity index (χ3v) is 26.1. The lowest BCUT2D eigenvalue weighted by Crippen LogP contribution is -2.38. The summed E-state index contributed by atoms with van der Waals surface area (Å²) in [5, 5.41) is 26.0. The number of hydrogen-bond acceptors (Lipinski definition) is 4. The summed E-state index contributed by atoms with van der Waals surface area (Å²) in [5.74, 6) is -0.0649. The number of hydrogen-bond donors (Lipinski definition) is 0. The van der Waals surface area contributed by atoms with Crippen LogP contribution >= 0.6 is 0 Å². The largest absolute Gasteiger partial charge is 0.330 e. The molecule has 0 saturated carbocycles. The molecule has 424 valence electrons. The maximum Gasteiger partial charge on any atom is 0.0991 e. The molecule has 12 rings (SSSR count). The van der Waals surface area contributed by atoms with E-state index in [9.17, 15) is 10.5 Å². The van der Waals surface area contributed by atoms with Gasteiger partial charge in [-0.25, -0.2) is 0 Å². The van der Waals surface area contributed by atoms with Crippen molar-refractivity contribution in [3.05, 3.63) is 275 Å². The van der Waals surface area contributed by atoms with Crippen LogP contribution in [0.2, 0.25) is 78.6 Å². The lowest BCUT2D eigenvalue weighted by molar-refractivity contribution is 0.773. The van der Waals surface area contributed by atoms with Gasteiger partial charge in [0.15, 0.2) is 0 Å². The predicted molar refractivity (Wildman–Crippen MR) is 378 cm³/mol. The van der Waals surface area contributed by atoms with E-state index in [1.54, 1.807) is 0 Å². The highest BCUT2D eigenvalue weighted by Gasteiger charge is 2.41. The van der Waals surface area contributed by atoms with Gasteiger partial charge in [0.25, 0.3) is 0 Å². The molecular weight excluding hydrogens is 1110 g/mol. The van der Waals surface area contributed by atoms with E-state index in [4.69, 9.17) is 0 Å². The summed E-state index contributed by atoms with van der Waals surface area (Å²) in [7, 11) is -6.21.